The average molecular weight is 303 g/mol. The molecule has 0 aliphatic carbocycles. The number of nitrogens with one attached hydrogen (secondary N) is 1. The molecule has 118 valence electrons. The van der Waals surface area contributed by atoms with Crippen molar-refractivity contribution in [3.8, 4) is 5.75 Å². The summed E-state index contributed by atoms with van der Waals surface area (Å²) < 4.78 is 18.6. The van der Waals surface area contributed by atoms with E-state index in [4.69, 9.17) is 4.74 Å². The van der Waals surface area contributed by atoms with Gasteiger partial charge in [0.1, 0.15) is 17.7 Å². The highest BCUT2D eigenvalue weighted by Crippen LogP contribution is 2.16. The highest BCUT2D eigenvalue weighted by atomic mass is 19.1. The highest BCUT2D eigenvalue weighted by molar-refractivity contribution is 5.25. The summed E-state index contributed by atoms with van der Waals surface area (Å²) in [6.45, 7) is 4.75. The van der Waals surface area contributed by atoms with Crippen molar-refractivity contribution in [2.45, 2.75) is 32.6 Å². The third-order valence-electron chi connectivity index (χ3n) is 3.50. The van der Waals surface area contributed by atoms with Crippen LogP contribution in [0.15, 0.2) is 48.5 Å². The van der Waals surface area contributed by atoms with E-state index in [2.05, 4.69) is 12.2 Å². The SMILES string of the molecule is CC(CNC(C)c1cccc(CO)c1)Oc1ccc(F)cc1. The molecule has 22 heavy (non-hydrogen) atoms. The highest BCUT2D eigenvalue weighted by Gasteiger charge is 2.09. The van der Waals surface area contributed by atoms with Crippen LogP contribution < -0.4 is 10.1 Å². The topological polar surface area (TPSA) is 41.5 Å². The maximum atomic E-state index is 12.8. The minimum absolute atomic E-state index is 0.0334. The molecule has 0 aliphatic heterocycles. The van der Waals surface area contributed by atoms with Gasteiger partial charge in [0, 0.05) is 12.6 Å². The Balaban J connectivity index is 1.84. The molecule has 2 N–H and O–H groups in total. The molecular formula is C18H22FNO2. The summed E-state index contributed by atoms with van der Waals surface area (Å²) in [5.41, 5.74) is 2.03. The molecule has 2 aromatic carbocycles. The van der Waals surface area contributed by atoms with Gasteiger partial charge in [-0.25, -0.2) is 4.39 Å². The Hall–Kier alpha value is -1.91. The summed E-state index contributed by atoms with van der Waals surface area (Å²) in [5.74, 6) is 0.390. The van der Waals surface area contributed by atoms with E-state index in [1.807, 2.05) is 31.2 Å². The van der Waals surface area contributed by atoms with Crippen LogP contribution in [0.4, 0.5) is 4.39 Å². The van der Waals surface area contributed by atoms with E-state index in [9.17, 15) is 9.50 Å². The zero-order valence-corrected chi connectivity index (χ0v) is 12.9. The first kappa shape index (κ1) is 16.5. The summed E-state index contributed by atoms with van der Waals surface area (Å²) in [7, 11) is 0. The first-order valence-electron chi connectivity index (χ1n) is 7.44. The Bertz CT molecular complexity index is 586. The third-order valence-corrected chi connectivity index (χ3v) is 3.50. The van der Waals surface area contributed by atoms with Crippen molar-refractivity contribution in [1.29, 1.82) is 0 Å². The summed E-state index contributed by atoms with van der Waals surface area (Å²) in [5, 5.41) is 12.6. The fraction of sp³-hybridized carbons (Fsp3) is 0.333. The van der Waals surface area contributed by atoms with Gasteiger partial charge in [-0.15, -0.1) is 0 Å². The molecule has 2 unspecified atom stereocenters. The van der Waals surface area contributed by atoms with Gasteiger partial charge in [0.15, 0.2) is 0 Å². The van der Waals surface area contributed by atoms with Crippen molar-refractivity contribution in [1.82, 2.24) is 5.32 Å². The molecule has 0 aliphatic rings. The van der Waals surface area contributed by atoms with Gasteiger partial charge in [-0.2, -0.15) is 0 Å². The van der Waals surface area contributed by atoms with Crippen LogP contribution >= 0.6 is 0 Å². The monoisotopic (exact) mass is 303 g/mol. The number of rotatable bonds is 7. The molecule has 4 heteroatoms. The van der Waals surface area contributed by atoms with Crippen molar-refractivity contribution in [3.05, 3.63) is 65.5 Å². The lowest BCUT2D eigenvalue weighted by Crippen LogP contribution is -2.30. The van der Waals surface area contributed by atoms with Crippen LogP contribution in [0.25, 0.3) is 0 Å². The number of aliphatic hydroxyl groups is 1. The van der Waals surface area contributed by atoms with E-state index < -0.39 is 0 Å². The van der Waals surface area contributed by atoms with Crippen LogP contribution in [0.2, 0.25) is 0 Å². The van der Waals surface area contributed by atoms with Gasteiger partial charge >= 0.3 is 0 Å². The number of hydrogen-bond acceptors (Lipinski definition) is 3. The zero-order valence-electron chi connectivity index (χ0n) is 12.9. The van der Waals surface area contributed by atoms with Gasteiger partial charge in [-0.3, -0.25) is 0 Å². The predicted molar refractivity (Wildman–Crippen MR) is 85.3 cm³/mol. The maximum absolute atomic E-state index is 12.8. The first-order chi connectivity index (χ1) is 10.6. The summed E-state index contributed by atoms with van der Waals surface area (Å²) in [4.78, 5) is 0. The van der Waals surface area contributed by atoms with Crippen molar-refractivity contribution in [3.63, 3.8) is 0 Å². The number of halogens is 1. The molecule has 0 fully saturated rings. The van der Waals surface area contributed by atoms with Crippen LogP contribution in [0.5, 0.6) is 5.75 Å². The van der Waals surface area contributed by atoms with Crippen LogP contribution in [-0.2, 0) is 6.61 Å². The minimum atomic E-state index is -0.268. The third kappa shape index (κ3) is 4.83. The van der Waals surface area contributed by atoms with Crippen LogP contribution in [-0.4, -0.2) is 17.8 Å². The second-order valence-electron chi connectivity index (χ2n) is 5.42. The lowest BCUT2D eigenvalue weighted by Gasteiger charge is -2.20. The minimum Gasteiger partial charge on any atom is -0.489 e. The first-order valence-corrected chi connectivity index (χ1v) is 7.44. The molecule has 3 nitrogen and oxygen atoms in total. The number of ether oxygens (including phenoxy) is 1. The van der Waals surface area contributed by atoms with E-state index in [0.717, 1.165) is 11.1 Å². The van der Waals surface area contributed by atoms with Crippen LogP contribution in [0, 0.1) is 5.82 Å². The molecule has 0 amide bonds. The standard InChI is InChI=1S/C18H22FNO2/c1-13(22-18-8-6-17(19)7-9-18)11-20-14(2)16-5-3-4-15(10-16)12-21/h3-10,13-14,20-21H,11-12H2,1-2H3. The van der Waals surface area contributed by atoms with Crippen molar-refractivity contribution in [2.75, 3.05) is 6.54 Å². The van der Waals surface area contributed by atoms with Gasteiger partial charge in [0.05, 0.1) is 6.61 Å². The molecule has 2 atom stereocenters. The number of aliphatic hydroxyl groups excluding tert-OH is 1. The fourth-order valence-electron chi connectivity index (χ4n) is 2.21. The van der Waals surface area contributed by atoms with Crippen LogP contribution in [0.1, 0.15) is 31.0 Å². The average Bonchev–Trinajstić information content (AvgIpc) is 2.55. The van der Waals surface area contributed by atoms with E-state index in [1.54, 1.807) is 12.1 Å². The normalized spacial score (nSPS) is 13.6. The maximum Gasteiger partial charge on any atom is 0.123 e. The second-order valence-corrected chi connectivity index (χ2v) is 5.42. The fourth-order valence-corrected chi connectivity index (χ4v) is 2.21. The van der Waals surface area contributed by atoms with E-state index in [-0.39, 0.29) is 24.6 Å². The molecule has 0 bridgehead atoms. The van der Waals surface area contributed by atoms with E-state index in [1.165, 1.54) is 12.1 Å². The molecule has 2 aromatic rings. The van der Waals surface area contributed by atoms with E-state index >= 15 is 0 Å². The van der Waals surface area contributed by atoms with E-state index in [0.29, 0.717) is 12.3 Å². The Labute approximate surface area is 130 Å². The van der Waals surface area contributed by atoms with Gasteiger partial charge < -0.3 is 15.2 Å². The molecule has 0 heterocycles. The summed E-state index contributed by atoms with van der Waals surface area (Å²) >= 11 is 0. The molecule has 0 saturated heterocycles. The number of benzene rings is 2. The Morgan fingerprint density at radius 3 is 2.55 bits per heavy atom. The second kappa shape index (κ2) is 7.92. The lowest BCUT2D eigenvalue weighted by atomic mass is 10.1. The predicted octanol–water partition coefficient (Wildman–Crippen LogP) is 3.44. The molecule has 0 aromatic heterocycles. The lowest BCUT2D eigenvalue weighted by molar-refractivity contribution is 0.212. The van der Waals surface area contributed by atoms with Gasteiger partial charge in [0.25, 0.3) is 0 Å². The smallest absolute Gasteiger partial charge is 0.123 e. The Kier molecular flexibility index (Phi) is 5.92. The summed E-state index contributed by atoms with van der Waals surface area (Å²) in [6.07, 6.45) is -0.0334. The summed E-state index contributed by atoms with van der Waals surface area (Å²) in [6, 6.07) is 14.0. The number of hydrogen-bond donors (Lipinski definition) is 2. The van der Waals surface area contributed by atoms with Crippen molar-refractivity contribution >= 4 is 0 Å². The van der Waals surface area contributed by atoms with Crippen LogP contribution in [0.3, 0.4) is 0 Å². The molecule has 0 spiro atoms. The van der Waals surface area contributed by atoms with Gasteiger partial charge in [0.2, 0.25) is 0 Å². The van der Waals surface area contributed by atoms with Crippen molar-refractivity contribution in [2.24, 2.45) is 0 Å². The molecule has 2 rings (SSSR count). The Morgan fingerprint density at radius 1 is 1.14 bits per heavy atom. The Morgan fingerprint density at radius 2 is 1.86 bits per heavy atom. The largest absolute Gasteiger partial charge is 0.489 e. The zero-order chi connectivity index (χ0) is 15.9. The van der Waals surface area contributed by atoms with Gasteiger partial charge in [-0.05, 0) is 49.2 Å². The quantitative estimate of drug-likeness (QED) is 0.823. The molecular weight excluding hydrogens is 281 g/mol. The van der Waals surface area contributed by atoms with Gasteiger partial charge in [-0.1, -0.05) is 24.3 Å². The van der Waals surface area contributed by atoms with Crippen molar-refractivity contribution < 1.29 is 14.2 Å². The molecule has 0 radical (unpaired) electrons. The molecule has 0 saturated carbocycles.